The Hall–Kier alpha value is -0.340. The number of rotatable bonds is 2. The molecule has 2 heteroatoms. The van der Waals surface area contributed by atoms with Crippen LogP contribution in [0.4, 0.5) is 0 Å². The van der Waals surface area contributed by atoms with E-state index in [1.54, 1.807) is 0 Å². The second kappa shape index (κ2) is 4.26. The Morgan fingerprint density at radius 2 is 2.00 bits per heavy atom. The van der Waals surface area contributed by atoms with E-state index in [4.69, 9.17) is 5.73 Å². The third-order valence-corrected chi connectivity index (χ3v) is 4.14. The van der Waals surface area contributed by atoms with Gasteiger partial charge in [-0.15, -0.1) is 0 Å². The lowest BCUT2D eigenvalue weighted by molar-refractivity contribution is 0.307. The summed E-state index contributed by atoms with van der Waals surface area (Å²) in [5.74, 6) is 0.645. The lowest BCUT2D eigenvalue weighted by atomic mass is 9.79. The average molecular weight is 268 g/mol. The predicted molar refractivity (Wildman–Crippen MR) is 67.6 cm³/mol. The van der Waals surface area contributed by atoms with Crippen molar-refractivity contribution in [3.63, 3.8) is 0 Å². The van der Waals surface area contributed by atoms with Crippen molar-refractivity contribution in [2.45, 2.75) is 38.1 Å². The van der Waals surface area contributed by atoms with E-state index in [1.807, 2.05) is 6.07 Å². The Bertz CT molecular complexity index is 340. The summed E-state index contributed by atoms with van der Waals surface area (Å²) in [6, 6.07) is 8.41. The van der Waals surface area contributed by atoms with E-state index in [-0.39, 0.29) is 5.54 Å². The highest BCUT2D eigenvalue weighted by molar-refractivity contribution is 9.10. The first-order valence-corrected chi connectivity index (χ1v) is 6.45. The smallest absolute Gasteiger partial charge is 0.0410 e. The maximum Gasteiger partial charge on any atom is 0.0410 e. The Morgan fingerprint density at radius 3 is 2.60 bits per heavy atom. The van der Waals surface area contributed by atoms with E-state index in [0.717, 1.165) is 4.47 Å². The molecule has 2 rings (SSSR count). The fraction of sp³-hybridized carbons (Fsp3) is 0.538. The average Bonchev–Trinajstić information content (AvgIpc) is 2.71. The third kappa shape index (κ3) is 2.26. The minimum atomic E-state index is -0.166. The minimum absolute atomic E-state index is 0.166. The summed E-state index contributed by atoms with van der Waals surface area (Å²) in [6.45, 7) is 2.17. The Labute approximate surface area is 100 Å². The molecule has 0 aromatic heterocycles. The second-order valence-electron chi connectivity index (χ2n) is 4.77. The van der Waals surface area contributed by atoms with Crippen molar-refractivity contribution in [3.8, 4) is 0 Å². The van der Waals surface area contributed by atoms with Crippen LogP contribution in [-0.2, 0) is 5.54 Å². The van der Waals surface area contributed by atoms with Crippen molar-refractivity contribution in [3.05, 3.63) is 34.3 Å². The first-order chi connectivity index (χ1) is 7.10. The normalized spacial score (nSPS) is 21.5. The van der Waals surface area contributed by atoms with Crippen molar-refractivity contribution in [2.24, 2.45) is 11.7 Å². The molecule has 0 heterocycles. The standard InChI is InChI=1S/C13H18BrN/c1-13(15,10-5-2-3-6-10)11-7-4-8-12(14)9-11/h4,7-10H,2-3,5-6,15H2,1H3. The molecule has 2 N–H and O–H groups in total. The first kappa shape index (κ1) is 11.2. The summed E-state index contributed by atoms with van der Waals surface area (Å²) >= 11 is 3.51. The molecule has 0 bridgehead atoms. The van der Waals surface area contributed by atoms with Gasteiger partial charge in [-0.05, 0) is 43.4 Å². The molecule has 0 spiro atoms. The summed E-state index contributed by atoms with van der Waals surface area (Å²) in [7, 11) is 0. The molecule has 1 aliphatic carbocycles. The molecule has 0 aliphatic heterocycles. The maximum atomic E-state index is 6.49. The van der Waals surface area contributed by atoms with Gasteiger partial charge in [-0.1, -0.05) is 40.9 Å². The van der Waals surface area contributed by atoms with Gasteiger partial charge in [0.25, 0.3) is 0 Å². The predicted octanol–water partition coefficient (Wildman–Crippen LogP) is 3.81. The van der Waals surface area contributed by atoms with Crippen LogP contribution in [0.2, 0.25) is 0 Å². The molecule has 1 aromatic carbocycles. The Balaban J connectivity index is 2.27. The topological polar surface area (TPSA) is 26.0 Å². The van der Waals surface area contributed by atoms with E-state index in [9.17, 15) is 0 Å². The molecule has 0 saturated heterocycles. The van der Waals surface area contributed by atoms with Crippen LogP contribution >= 0.6 is 15.9 Å². The molecule has 0 radical (unpaired) electrons. The van der Waals surface area contributed by atoms with E-state index in [1.165, 1.54) is 31.2 Å². The fourth-order valence-electron chi connectivity index (χ4n) is 2.58. The van der Waals surface area contributed by atoms with Crippen molar-refractivity contribution in [2.75, 3.05) is 0 Å². The first-order valence-electron chi connectivity index (χ1n) is 5.65. The summed E-state index contributed by atoms with van der Waals surface area (Å²) in [5, 5.41) is 0. The summed E-state index contributed by atoms with van der Waals surface area (Å²) < 4.78 is 1.12. The van der Waals surface area contributed by atoms with Crippen LogP contribution in [0, 0.1) is 5.92 Å². The van der Waals surface area contributed by atoms with E-state index in [0.29, 0.717) is 5.92 Å². The van der Waals surface area contributed by atoms with Crippen molar-refractivity contribution >= 4 is 15.9 Å². The molecule has 15 heavy (non-hydrogen) atoms. The molecule has 1 nitrogen and oxygen atoms in total. The number of halogens is 1. The van der Waals surface area contributed by atoms with Crippen molar-refractivity contribution in [1.29, 1.82) is 0 Å². The van der Waals surface area contributed by atoms with Gasteiger partial charge in [0, 0.05) is 10.0 Å². The summed E-state index contributed by atoms with van der Waals surface area (Å²) in [4.78, 5) is 0. The fourth-order valence-corrected chi connectivity index (χ4v) is 2.98. The van der Waals surface area contributed by atoms with Crippen LogP contribution in [0.1, 0.15) is 38.2 Å². The van der Waals surface area contributed by atoms with Crippen molar-refractivity contribution < 1.29 is 0 Å². The summed E-state index contributed by atoms with van der Waals surface area (Å²) in [6.07, 6.45) is 5.23. The monoisotopic (exact) mass is 267 g/mol. The van der Waals surface area contributed by atoms with Gasteiger partial charge in [-0.3, -0.25) is 0 Å². The number of nitrogens with two attached hydrogens (primary N) is 1. The highest BCUT2D eigenvalue weighted by Gasteiger charge is 2.33. The molecule has 1 atom stereocenters. The lowest BCUT2D eigenvalue weighted by Gasteiger charge is -2.32. The van der Waals surface area contributed by atoms with Crippen LogP contribution < -0.4 is 5.73 Å². The van der Waals surface area contributed by atoms with Gasteiger partial charge in [-0.25, -0.2) is 0 Å². The third-order valence-electron chi connectivity index (χ3n) is 3.65. The highest BCUT2D eigenvalue weighted by Crippen LogP contribution is 2.38. The van der Waals surface area contributed by atoms with Gasteiger partial charge in [0.2, 0.25) is 0 Å². The summed E-state index contributed by atoms with van der Waals surface area (Å²) in [5.41, 5.74) is 7.58. The molecular formula is C13H18BrN. The van der Waals surface area contributed by atoms with Crippen LogP contribution in [0.15, 0.2) is 28.7 Å². The second-order valence-corrected chi connectivity index (χ2v) is 5.69. The van der Waals surface area contributed by atoms with Crippen LogP contribution in [0.5, 0.6) is 0 Å². The molecule has 1 saturated carbocycles. The molecule has 1 unspecified atom stereocenters. The zero-order chi connectivity index (χ0) is 10.9. The Morgan fingerprint density at radius 1 is 1.33 bits per heavy atom. The van der Waals surface area contributed by atoms with Crippen molar-refractivity contribution in [1.82, 2.24) is 0 Å². The molecular weight excluding hydrogens is 250 g/mol. The molecule has 0 amide bonds. The number of benzene rings is 1. The zero-order valence-corrected chi connectivity index (χ0v) is 10.8. The maximum absolute atomic E-state index is 6.49. The highest BCUT2D eigenvalue weighted by atomic mass is 79.9. The van der Waals surface area contributed by atoms with Gasteiger partial charge in [-0.2, -0.15) is 0 Å². The number of hydrogen-bond acceptors (Lipinski definition) is 1. The molecule has 82 valence electrons. The quantitative estimate of drug-likeness (QED) is 0.867. The van der Waals surface area contributed by atoms with Gasteiger partial charge in [0.1, 0.15) is 0 Å². The van der Waals surface area contributed by atoms with Gasteiger partial charge >= 0.3 is 0 Å². The molecule has 1 aliphatic rings. The molecule has 1 aromatic rings. The van der Waals surface area contributed by atoms with Crippen LogP contribution in [0.3, 0.4) is 0 Å². The number of hydrogen-bond donors (Lipinski definition) is 1. The van der Waals surface area contributed by atoms with E-state index >= 15 is 0 Å². The van der Waals surface area contributed by atoms with Crippen LogP contribution in [-0.4, -0.2) is 0 Å². The zero-order valence-electron chi connectivity index (χ0n) is 9.17. The SMILES string of the molecule is CC(N)(c1cccc(Br)c1)C1CCCC1. The Kier molecular flexibility index (Phi) is 3.17. The van der Waals surface area contributed by atoms with Gasteiger partial charge in [0.15, 0.2) is 0 Å². The van der Waals surface area contributed by atoms with Crippen LogP contribution in [0.25, 0.3) is 0 Å². The van der Waals surface area contributed by atoms with Gasteiger partial charge in [0.05, 0.1) is 0 Å². The van der Waals surface area contributed by atoms with Gasteiger partial charge < -0.3 is 5.73 Å². The minimum Gasteiger partial charge on any atom is -0.321 e. The largest absolute Gasteiger partial charge is 0.321 e. The molecule has 1 fully saturated rings. The van der Waals surface area contributed by atoms with E-state index in [2.05, 4.69) is 41.1 Å². The van der Waals surface area contributed by atoms with E-state index < -0.39 is 0 Å². The lowest BCUT2D eigenvalue weighted by Crippen LogP contribution is -2.40.